The second kappa shape index (κ2) is 6.09. The summed E-state index contributed by atoms with van der Waals surface area (Å²) in [5.74, 6) is 4.66. The minimum Gasteiger partial charge on any atom is -0.355 e. The van der Waals surface area contributed by atoms with E-state index in [0.717, 1.165) is 0 Å². The van der Waals surface area contributed by atoms with E-state index in [0.29, 0.717) is 12.3 Å². The zero-order valence-electron chi connectivity index (χ0n) is 10.0. The molecule has 1 amide bonds. The van der Waals surface area contributed by atoms with Gasteiger partial charge in [-0.15, -0.1) is 0 Å². The molecular formula is C12H11F3N2O2. The molecule has 4 nitrogen and oxygen atoms in total. The van der Waals surface area contributed by atoms with Gasteiger partial charge in [-0.1, -0.05) is 11.8 Å². The van der Waals surface area contributed by atoms with Gasteiger partial charge in [0.2, 0.25) is 5.91 Å². The second-order valence-corrected chi connectivity index (χ2v) is 3.66. The zero-order chi connectivity index (χ0) is 14.5. The third kappa shape index (κ3) is 4.87. The highest BCUT2D eigenvalue weighted by Gasteiger charge is 2.31. The molecule has 0 aliphatic carbocycles. The lowest BCUT2D eigenvalue weighted by atomic mass is 10.2. The Labute approximate surface area is 107 Å². The lowest BCUT2D eigenvalue weighted by molar-refractivity contribution is -0.137. The molecule has 1 heterocycles. The number of amides is 1. The molecule has 0 aliphatic rings. The third-order valence-electron chi connectivity index (χ3n) is 2.08. The molecule has 1 rings (SSSR count). The predicted octanol–water partition coefficient (Wildman–Crippen LogP) is 1.27. The van der Waals surface area contributed by atoms with Gasteiger partial charge in [-0.25, -0.2) is 0 Å². The van der Waals surface area contributed by atoms with Gasteiger partial charge in [-0.05, 0) is 6.07 Å². The molecule has 0 bridgehead atoms. The predicted molar refractivity (Wildman–Crippen MR) is 62.2 cm³/mol. The number of hydrogen-bond donors (Lipinski definition) is 2. The Balaban J connectivity index is 2.81. The lowest BCUT2D eigenvalue weighted by Crippen LogP contribution is -2.20. The number of halogens is 3. The largest absolute Gasteiger partial charge is 0.417 e. The number of carbonyl (C=O) groups is 1. The number of aromatic amines is 1. The van der Waals surface area contributed by atoms with Gasteiger partial charge in [0.15, 0.2) is 0 Å². The first-order valence-corrected chi connectivity index (χ1v) is 5.34. The Bertz CT molecular complexity index is 579. The summed E-state index contributed by atoms with van der Waals surface area (Å²) in [6.45, 7) is 1.62. The Morgan fingerprint density at radius 1 is 1.47 bits per heavy atom. The van der Waals surface area contributed by atoms with Gasteiger partial charge >= 0.3 is 6.18 Å². The fourth-order valence-corrected chi connectivity index (χ4v) is 1.20. The number of H-pyrrole nitrogens is 1. The number of nitrogens with one attached hydrogen (secondary N) is 2. The zero-order valence-corrected chi connectivity index (χ0v) is 10.0. The maximum atomic E-state index is 12.4. The highest BCUT2D eigenvalue weighted by atomic mass is 19.4. The van der Waals surface area contributed by atoms with Crippen molar-refractivity contribution in [3.63, 3.8) is 0 Å². The van der Waals surface area contributed by atoms with Crippen molar-refractivity contribution in [2.75, 3.05) is 6.54 Å². The molecule has 102 valence electrons. The van der Waals surface area contributed by atoms with Crippen LogP contribution in [0, 0.1) is 11.8 Å². The number of carbonyl (C=O) groups excluding carboxylic acids is 1. The van der Waals surface area contributed by atoms with Gasteiger partial charge in [0, 0.05) is 26.1 Å². The summed E-state index contributed by atoms with van der Waals surface area (Å²) in [5, 5.41) is 2.47. The van der Waals surface area contributed by atoms with Crippen LogP contribution in [0.4, 0.5) is 13.2 Å². The summed E-state index contributed by atoms with van der Waals surface area (Å²) in [5.41, 5.74) is -1.89. The minimum atomic E-state index is -4.53. The van der Waals surface area contributed by atoms with Crippen LogP contribution < -0.4 is 10.9 Å². The quantitative estimate of drug-likeness (QED) is 0.629. The first-order chi connectivity index (χ1) is 8.80. The van der Waals surface area contributed by atoms with Crippen molar-refractivity contribution in [1.82, 2.24) is 10.3 Å². The maximum absolute atomic E-state index is 12.4. The fourth-order valence-electron chi connectivity index (χ4n) is 1.20. The summed E-state index contributed by atoms with van der Waals surface area (Å²) in [4.78, 5) is 23.8. The van der Waals surface area contributed by atoms with Gasteiger partial charge in [-0.3, -0.25) is 9.59 Å². The molecule has 0 aliphatic heterocycles. The van der Waals surface area contributed by atoms with Crippen LogP contribution in [0.5, 0.6) is 0 Å². The van der Waals surface area contributed by atoms with E-state index >= 15 is 0 Å². The first kappa shape index (κ1) is 14.8. The molecular weight excluding hydrogens is 261 g/mol. The van der Waals surface area contributed by atoms with E-state index in [4.69, 9.17) is 0 Å². The number of aromatic nitrogens is 1. The monoisotopic (exact) mass is 272 g/mol. The van der Waals surface area contributed by atoms with Gasteiger partial charge in [-0.2, -0.15) is 13.2 Å². The summed E-state index contributed by atoms with van der Waals surface area (Å²) in [7, 11) is 0. The van der Waals surface area contributed by atoms with Gasteiger partial charge < -0.3 is 10.3 Å². The average molecular weight is 272 g/mol. The summed E-state index contributed by atoms with van der Waals surface area (Å²) in [6.07, 6.45) is -3.68. The molecule has 0 fully saturated rings. The van der Waals surface area contributed by atoms with E-state index in [1.807, 2.05) is 4.98 Å². The van der Waals surface area contributed by atoms with Gasteiger partial charge in [0.25, 0.3) is 5.56 Å². The van der Waals surface area contributed by atoms with Crippen LogP contribution in [-0.4, -0.2) is 17.4 Å². The van der Waals surface area contributed by atoms with E-state index in [9.17, 15) is 22.8 Å². The Hall–Kier alpha value is -2.23. The lowest BCUT2D eigenvalue weighted by Gasteiger charge is -2.05. The van der Waals surface area contributed by atoms with E-state index < -0.39 is 17.3 Å². The van der Waals surface area contributed by atoms with Crippen LogP contribution >= 0.6 is 0 Å². The molecule has 0 atom stereocenters. The molecule has 0 saturated carbocycles. The van der Waals surface area contributed by atoms with E-state index in [2.05, 4.69) is 17.2 Å². The summed E-state index contributed by atoms with van der Waals surface area (Å²) in [6, 6.07) is 0.699. The number of alkyl halides is 3. The normalized spacial score (nSPS) is 10.5. The third-order valence-corrected chi connectivity index (χ3v) is 2.08. The second-order valence-electron chi connectivity index (χ2n) is 3.66. The minimum absolute atomic E-state index is 0.223. The fraction of sp³-hybridized carbons (Fsp3) is 0.333. The smallest absolute Gasteiger partial charge is 0.355 e. The SMILES string of the molecule is CC(=O)NCCC#Cc1cc(C(F)(F)F)c[nH]c1=O. The molecule has 0 aromatic carbocycles. The van der Waals surface area contributed by atoms with Crippen LogP contribution in [0.1, 0.15) is 24.5 Å². The van der Waals surface area contributed by atoms with Crippen LogP contribution in [0.15, 0.2) is 17.1 Å². The Morgan fingerprint density at radius 2 is 2.16 bits per heavy atom. The van der Waals surface area contributed by atoms with E-state index in [1.54, 1.807) is 0 Å². The van der Waals surface area contributed by atoms with E-state index in [1.165, 1.54) is 6.92 Å². The van der Waals surface area contributed by atoms with Crippen LogP contribution in [0.2, 0.25) is 0 Å². The van der Waals surface area contributed by atoms with Crippen molar-refractivity contribution in [3.8, 4) is 11.8 Å². The van der Waals surface area contributed by atoms with Crippen LogP contribution in [0.25, 0.3) is 0 Å². The molecule has 0 saturated heterocycles. The average Bonchev–Trinajstić information content (AvgIpc) is 2.29. The number of hydrogen-bond acceptors (Lipinski definition) is 2. The van der Waals surface area contributed by atoms with E-state index in [-0.39, 0.29) is 24.4 Å². The molecule has 1 aromatic rings. The maximum Gasteiger partial charge on any atom is 0.417 e. The molecule has 0 spiro atoms. The highest BCUT2D eigenvalue weighted by Crippen LogP contribution is 2.28. The van der Waals surface area contributed by atoms with Crippen molar-refractivity contribution in [2.24, 2.45) is 0 Å². The number of rotatable bonds is 2. The molecule has 0 radical (unpaired) electrons. The molecule has 0 unspecified atom stereocenters. The summed E-state index contributed by atoms with van der Waals surface area (Å²) >= 11 is 0. The number of pyridine rings is 1. The molecule has 7 heteroatoms. The topological polar surface area (TPSA) is 62.0 Å². The van der Waals surface area contributed by atoms with Crippen molar-refractivity contribution in [2.45, 2.75) is 19.5 Å². The highest BCUT2D eigenvalue weighted by molar-refractivity contribution is 5.72. The Kier molecular flexibility index (Phi) is 4.75. The Morgan fingerprint density at radius 3 is 2.74 bits per heavy atom. The van der Waals surface area contributed by atoms with Gasteiger partial charge in [0.1, 0.15) is 0 Å². The molecule has 1 aromatic heterocycles. The van der Waals surface area contributed by atoms with Crippen molar-refractivity contribution in [3.05, 3.63) is 33.7 Å². The first-order valence-electron chi connectivity index (χ1n) is 5.34. The van der Waals surface area contributed by atoms with Crippen LogP contribution in [0.3, 0.4) is 0 Å². The van der Waals surface area contributed by atoms with Crippen molar-refractivity contribution in [1.29, 1.82) is 0 Å². The van der Waals surface area contributed by atoms with Gasteiger partial charge in [0.05, 0.1) is 11.1 Å². The molecule has 2 N–H and O–H groups in total. The summed E-state index contributed by atoms with van der Waals surface area (Å²) < 4.78 is 37.2. The van der Waals surface area contributed by atoms with Crippen molar-refractivity contribution >= 4 is 5.91 Å². The standard InChI is InChI=1S/C12H11F3N2O2/c1-8(18)16-5-3-2-4-9-6-10(12(13,14)15)7-17-11(9)19/h6-7H,3,5H2,1H3,(H,16,18)(H,17,19). The van der Waals surface area contributed by atoms with Crippen molar-refractivity contribution < 1.29 is 18.0 Å². The van der Waals surface area contributed by atoms with Crippen LogP contribution in [-0.2, 0) is 11.0 Å². The molecule has 19 heavy (non-hydrogen) atoms.